The number of hydrogen-bond donors (Lipinski definition) is 2. The Morgan fingerprint density at radius 2 is 2.00 bits per heavy atom. The first-order valence-electron chi connectivity index (χ1n) is 9.05. The van der Waals surface area contributed by atoms with Crippen molar-refractivity contribution in [2.24, 2.45) is 27.4 Å². The SMILES string of the molecule is Cc1ccccc1C1CCCC(CON2C(N)=NC(N)=NC2(C)C)C1. The molecule has 136 valence electrons. The van der Waals surface area contributed by atoms with Crippen LogP contribution in [0.5, 0.6) is 0 Å². The molecule has 0 amide bonds. The van der Waals surface area contributed by atoms with Crippen molar-refractivity contribution in [3.8, 4) is 0 Å². The van der Waals surface area contributed by atoms with Crippen molar-refractivity contribution < 1.29 is 4.84 Å². The van der Waals surface area contributed by atoms with Crippen molar-refractivity contribution in [2.75, 3.05) is 6.61 Å². The Morgan fingerprint density at radius 3 is 2.72 bits per heavy atom. The van der Waals surface area contributed by atoms with Gasteiger partial charge in [-0.05, 0) is 63.0 Å². The van der Waals surface area contributed by atoms with Crippen molar-refractivity contribution in [1.29, 1.82) is 0 Å². The highest BCUT2D eigenvalue weighted by Crippen LogP contribution is 2.37. The molecule has 2 aliphatic rings. The van der Waals surface area contributed by atoms with Crippen LogP contribution in [-0.2, 0) is 4.84 Å². The number of hydrogen-bond acceptors (Lipinski definition) is 6. The van der Waals surface area contributed by atoms with Crippen molar-refractivity contribution in [3.63, 3.8) is 0 Å². The molecule has 4 N–H and O–H groups in total. The molecule has 2 unspecified atom stereocenters. The minimum Gasteiger partial charge on any atom is -0.368 e. The fraction of sp³-hybridized carbons (Fsp3) is 0.579. The summed E-state index contributed by atoms with van der Waals surface area (Å²) in [6.45, 7) is 6.65. The van der Waals surface area contributed by atoms with Crippen LogP contribution in [0.4, 0.5) is 0 Å². The first-order valence-corrected chi connectivity index (χ1v) is 9.05. The molecule has 1 aliphatic carbocycles. The molecule has 6 nitrogen and oxygen atoms in total. The Labute approximate surface area is 149 Å². The number of aryl methyl sites for hydroxylation is 1. The first kappa shape index (κ1) is 17.7. The Kier molecular flexibility index (Phi) is 4.99. The van der Waals surface area contributed by atoms with Crippen LogP contribution in [0.1, 0.15) is 56.6 Å². The molecule has 2 atom stereocenters. The smallest absolute Gasteiger partial charge is 0.226 e. The second-order valence-corrected chi connectivity index (χ2v) is 7.61. The zero-order chi connectivity index (χ0) is 18.0. The van der Waals surface area contributed by atoms with Gasteiger partial charge in [-0.25, -0.2) is 4.99 Å². The van der Waals surface area contributed by atoms with Crippen molar-refractivity contribution in [2.45, 2.75) is 58.0 Å². The van der Waals surface area contributed by atoms with E-state index in [1.165, 1.54) is 30.4 Å². The third kappa shape index (κ3) is 3.95. The maximum absolute atomic E-state index is 6.03. The molecule has 3 rings (SSSR count). The normalized spacial score (nSPS) is 26.1. The van der Waals surface area contributed by atoms with Gasteiger partial charge >= 0.3 is 0 Å². The Morgan fingerprint density at radius 1 is 1.24 bits per heavy atom. The topological polar surface area (TPSA) is 89.2 Å². The van der Waals surface area contributed by atoms with Crippen molar-refractivity contribution in [3.05, 3.63) is 35.4 Å². The fourth-order valence-electron chi connectivity index (χ4n) is 3.97. The molecule has 1 saturated carbocycles. The van der Waals surface area contributed by atoms with Crippen LogP contribution < -0.4 is 11.5 Å². The van der Waals surface area contributed by atoms with Gasteiger partial charge in [0.1, 0.15) is 0 Å². The average Bonchev–Trinajstić information content (AvgIpc) is 2.53. The molecule has 0 aromatic heterocycles. The molecule has 25 heavy (non-hydrogen) atoms. The molecule has 6 heteroatoms. The molecule has 0 saturated heterocycles. The largest absolute Gasteiger partial charge is 0.368 e. The highest BCUT2D eigenvalue weighted by Gasteiger charge is 2.34. The third-order valence-electron chi connectivity index (χ3n) is 5.17. The highest BCUT2D eigenvalue weighted by atomic mass is 16.7. The summed E-state index contributed by atoms with van der Waals surface area (Å²) in [7, 11) is 0. The van der Waals surface area contributed by atoms with E-state index < -0.39 is 5.66 Å². The first-order chi connectivity index (χ1) is 11.9. The standard InChI is InChI=1S/C19H29N5O/c1-13-7-4-5-10-16(13)15-9-6-8-14(11-15)12-25-24-18(21)22-17(20)23-19(24,2)3/h4-5,7,10,14-15H,6,8-9,11-12H2,1-3H3,(H4,20,21,22,23). The maximum atomic E-state index is 6.03. The van der Waals surface area contributed by atoms with E-state index in [0.717, 1.165) is 6.42 Å². The van der Waals surface area contributed by atoms with Gasteiger partial charge < -0.3 is 11.5 Å². The van der Waals surface area contributed by atoms with Crippen LogP contribution in [0.15, 0.2) is 34.3 Å². The molecule has 0 spiro atoms. The summed E-state index contributed by atoms with van der Waals surface area (Å²) >= 11 is 0. The van der Waals surface area contributed by atoms with Gasteiger partial charge in [0.2, 0.25) is 11.9 Å². The average molecular weight is 343 g/mol. The lowest BCUT2D eigenvalue weighted by molar-refractivity contribution is -0.169. The molecule has 1 aromatic rings. The van der Waals surface area contributed by atoms with E-state index in [0.29, 0.717) is 18.4 Å². The molecule has 0 bridgehead atoms. The lowest BCUT2D eigenvalue weighted by Gasteiger charge is -2.38. The van der Waals surface area contributed by atoms with Crippen LogP contribution in [-0.4, -0.2) is 29.3 Å². The van der Waals surface area contributed by atoms with E-state index in [9.17, 15) is 0 Å². The minimum atomic E-state index is -0.639. The lowest BCUT2D eigenvalue weighted by atomic mass is 9.77. The Bertz CT molecular complexity index is 682. The van der Waals surface area contributed by atoms with Crippen molar-refractivity contribution >= 4 is 11.9 Å². The van der Waals surface area contributed by atoms with Crippen LogP contribution in [0.25, 0.3) is 0 Å². The summed E-state index contributed by atoms with van der Waals surface area (Å²) < 4.78 is 0. The van der Waals surface area contributed by atoms with Gasteiger partial charge in [0.15, 0.2) is 5.66 Å². The molecule has 1 aliphatic heterocycles. The summed E-state index contributed by atoms with van der Waals surface area (Å²) in [6, 6.07) is 8.71. The van der Waals surface area contributed by atoms with E-state index in [1.54, 1.807) is 5.06 Å². The summed E-state index contributed by atoms with van der Waals surface area (Å²) in [5.74, 6) is 1.58. The number of aliphatic imine (C=N–C) groups is 2. The van der Waals surface area contributed by atoms with Gasteiger partial charge in [0, 0.05) is 0 Å². The number of benzene rings is 1. The lowest BCUT2D eigenvalue weighted by Crippen LogP contribution is -2.54. The van der Waals surface area contributed by atoms with Crippen LogP contribution in [0.2, 0.25) is 0 Å². The zero-order valence-corrected chi connectivity index (χ0v) is 15.4. The number of nitrogens with zero attached hydrogens (tertiary/aromatic N) is 3. The number of nitrogens with two attached hydrogens (primary N) is 2. The monoisotopic (exact) mass is 343 g/mol. The predicted octanol–water partition coefficient (Wildman–Crippen LogP) is 2.88. The van der Waals surface area contributed by atoms with Crippen LogP contribution in [0.3, 0.4) is 0 Å². The Balaban J connectivity index is 1.62. The molecule has 1 heterocycles. The van der Waals surface area contributed by atoms with Gasteiger partial charge in [-0.2, -0.15) is 10.1 Å². The quantitative estimate of drug-likeness (QED) is 0.879. The van der Waals surface area contributed by atoms with Crippen LogP contribution >= 0.6 is 0 Å². The van der Waals surface area contributed by atoms with Gasteiger partial charge in [-0.3, -0.25) is 4.84 Å². The number of hydroxylamine groups is 2. The number of rotatable bonds is 4. The highest BCUT2D eigenvalue weighted by molar-refractivity contribution is 5.95. The second-order valence-electron chi connectivity index (χ2n) is 7.61. The van der Waals surface area contributed by atoms with E-state index in [2.05, 4.69) is 41.2 Å². The van der Waals surface area contributed by atoms with Gasteiger partial charge in [-0.1, -0.05) is 30.7 Å². The molecule has 1 aromatic carbocycles. The maximum Gasteiger partial charge on any atom is 0.226 e. The predicted molar refractivity (Wildman–Crippen MR) is 101 cm³/mol. The molecular formula is C19H29N5O. The molecule has 1 fully saturated rings. The molecular weight excluding hydrogens is 314 g/mol. The molecule has 0 radical (unpaired) electrons. The van der Waals surface area contributed by atoms with Gasteiger partial charge in [0.25, 0.3) is 0 Å². The van der Waals surface area contributed by atoms with Crippen molar-refractivity contribution in [1.82, 2.24) is 5.06 Å². The van der Waals surface area contributed by atoms with E-state index in [4.69, 9.17) is 16.3 Å². The number of guanidine groups is 2. The second kappa shape index (κ2) is 7.04. The summed E-state index contributed by atoms with van der Waals surface area (Å²) in [4.78, 5) is 14.4. The van der Waals surface area contributed by atoms with E-state index in [1.807, 2.05) is 13.8 Å². The van der Waals surface area contributed by atoms with E-state index in [-0.39, 0.29) is 11.9 Å². The summed E-state index contributed by atoms with van der Waals surface area (Å²) in [5.41, 5.74) is 13.9. The van der Waals surface area contributed by atoms with Gasteiger partial charge in [-0.15, -0.1) is 0 Å². The summed E-state index contributed by atoms with van der Waals surface area (Å²) in [6.07, 6.45) is 4.80. The van der Waals surface area contributed by atoms with Crippen LogP contribution in [0, 0.1) is 12.8 Å². The third-order valence-corrected chi connectivity index (χ3v) is 5.17. The van der Waals surface area contributed by atoms with E-state index >= 15 is 0 Å². The Hall–Kier alpha value is -2.08. The minimum absolute atomic E-state index is 0.194. The zero-order valence-electron chi connectivity index (χ0n) is 15.4. The fourth-order valence-corrected chi connectivity index (χ4v) is 3.97. The van der Waals surface area contributed by atoms with Gasteiger partial charge in [0.05, 0.1) is 6.61 Å². The summed E-state index contributed by atoms with van der Waals surface area (Å²) in [5, 5.41) is 1.58.